The van der Waals surface area contributed by atoms with Gasteiger partial charge in [-0.1, -0.05) is 12.1 Å². The molecule has 0 radical (unpaired) electrons. The molecule has 0 fully saturated rings. The monoisotopic (exact) mass is 398 g/mol. The molecule has 0 saturated heterocycles. The van der Waals surface area contributed by atoms with Crippen LogP contribution in [0.3, 0.4) is 0 Å². The number of nitrogens with one attached hydrogen (secondary N) is 1. The van der Waals surface area contributed by atoms with Crippen molar-refractivity contribution >= 4 is 23.1 Å². The lowest BCUT2D eigenvalue weighted by Crippen LogP contribution is -2.22. The highest BCUT2D eigenvalue weighted by molar-refractivity contribution is 7.07. The second-order valence-corrected chi connectivity index (χ2v) is 7.35. The summed E-state index contributed by atoms with van der Waals surface area (Å²) in [6.45, 7) is 0.135. The molecule has 3 heterocycles. The van der Waals surface area contributed by atoms with Crippen LogP contribution in [-0.4, -0.2) is 24.2 Å². The molecule has 8 heteroatoms. The van der Waals surface area contributed by atoms with Crippen molar-refractivity contribution in [3.63, 3.8) is 0 Å². The Morgan fingerprint density at radius 2 is 2.18 bits per heavy atom. The summed E-state index contributed by atoms with van der Waals surface area (Å²) in [5.74, 6) is 1.05. The van der Waals surface area contributed by atoms with E-state index in [1.54, 1.807) is 19.2 Å². The molecule has 0 bridgehead atoms. The molecule has 2 aromatic carbocycles. The number of hydrogen-bond acceptors (Lipinski definition) is 6. The molecule has 0 unspecified atom stereocenters. The van der Waals surface area contributed by atoms with E-state index in [2.05, 4.69) is 9.69 Å². The molecule has 1 N–H and O–H groups in total. The molecule has 28 heavy (non-hydrogen) atoms. The fourth-order valence-electron chi connectivity index (χ4n) is 3.58. The summed E-state index contributed by atoms with van der Waals surface area (Å²) in [6, 6.07) is 9.93. The third kappa shape index (κ3) is 2.68. The van der Waals surface area contributed by atoms with E-state index in [4.69, 9.17) is 14.2 Å². The molecule has 2 aliphatic rings. The Balaban J connectivity index is 1.62. The molecular weight excluding hydrogens is 383 g/mol. The van der Waals surface area contributed by atoms with Crippen LogP contribution in [0.15, 0.2) is 36.4 Å². The number of amides is 1. The Morgan fingerprint density at radius 3 is 3.00 bits per heavy atom. The van der Waals surface area contributed by atoms with Crippen molar-refractivity contribution in [1.29, 1.82) is 0 Å². The van der Waals surface area contributed by atoms with E-state index < -0.39 is 0 Å². The predicted molar refractivity (Wildman–Crippen MR) is 102 cm³/mol. The van der Waals surface area contributed by atoms with Crippen molar-refractivity contribution in [2.75, 3.05) is 19.2 Å². The minimum Gasteiger partial charge on any atom is -0.493 e. The number of hydrogen-bond donors (Lipinski definition) is 1. The Kier molecular flexibility index (Phi) is 3.94. The van der Waals surface area contributed by atoms with Crippen LogP contribution >= 0.6 is 11.5 Å². The molecule has 0 saturated carbocycles. The fourth-order valence-corrected chi connectivity index (χ4v) is 4.56. The highest BCUT2D eigenvalue weighted by Gasteiger charge is 2.33. The second-order valence-electron chi connectivity index (χ2n) is 6.54. The van der Waals surface area contributed by atoms with Gasteiger partial charge in [0.05, 0.1) is 17.7 Å². The Morgan fingerprint density at radius 1 is 1.29 bits per heavy atom. The number of anilines is 1. The van der Waals surface area contributed by atoms with Gasteiger partial charge in [0.25, 0.3) is 0 Å². The lowest BCUT2D eigenvalue weighted by atomic mass is 9.89. The van der Waals surface area contributed by atoms with Crippen LogP contribution in [-0.2, 0) is 4.79 Å². The van der Waals surface area contributed by atoms with Crippen molar-refractivity contribution in [2.45, 2.75) is 12.3 Å². The van der Waals surface area contributed by atoms with E-state index in [1.165, 1.54) is 23.7 Å². The second kappa shape index (κ2) is 6.49. The van der Waals surface area contributed by atoms with Crippen LogP contribution in [0.4, 0.5) is 10.1 Å². The summed E-state index contributed by atoms with van der Waals surface area (Å²) in [7, 11) is 1.56. The van der Waals surface area contributed by atoms with Gasteiger partial charge in [-0.2, -0.15) is 4.37 Å². The van der Waals surface area contributed by atoms with Crippen LogP contribution in [0.2, 0.25) is 0 Å². The smallest absolute Gasteiger partial charge is 0.231 e. The molecule has 5 rings (SSSR count). The van der Waals surface area contributed by atoms with Gasteiger partial charge in [-0.3, -0.25) is 4.79 Å². The number of halogens is 1. The van der Waals surface area contributed by atoms with Crippen LogP contribution in [0.25, 0.3) is 11.3 Å². The summed E-state index contributed by atoms with van der Waals surface area (Å²) in [5.41, 5.74) is 2.71. The zero-order valence-corrected chi connectivity index (χ0v) is 15.6. The molecule has 6 nitrogen and oxygen atoms in total. The SMILES string of the molecule is COc1cc([C@H]2CC(=O)Nc3c(-c4cccc(F)c4)nsc32)cc2c1OCO2. The first-order chi connectivity index (χ1) is 13.6. The van der Waals surface area contributed by atoms with E-state index in [9.17, 15) is 9.18 Å². The third-order valence-corrected chi connectivity index (χ3v) is 5.83. The number of benzene rings is 2. The number of ether oxygens (including phenoxy) is 3. The van der Waals surface area contributed by atoms with Crippen LogP contribution in [0, 0.1) is 5.82 Å². The molecule has 0 aliphatic carbocycles. The van der Waals surface area contributed by atoms with E-state index in [1.807, 2.05) is 12.1 Å². The first-order valence-electron chi connectivity index (χ1n) is 8.67. The maximum atomic E-state index is 13.7. The summed E-state index contributed by atoms with van der Waals surface area (Å²) in [6.07, 6.45) is 0.278. The number of carbonyl (C=O) groups is 1. The summed E-state index contributed by atoms with van der Waals surface area (Å²) >= 11 is 1.30. The van der Waals surface area contributed by atoms with Crippen molar-refractivity contribution < 1.29 is 23.4 Å². The Hall–Kier alpha value is -3.13. The number of nitrogens with zero attached hydrogens (tertiary/aromatic N) is 1. The van der Waals surface area contributed by atoms with Gasteiger partial charge < -0.3 is 19.5 Å². The molecular formula is C20H15FN2O4S. The third-order valence-electron chi connectivity index (χ3n) is 4.87. The van der Waals surface area contributed by atoms with Gasteiger partial charge in [-0.25, -0.2) is 4.39 Å². The van der Waals surface area contributed by atoms with Crippen molar-refractivity contribution in [3.05, 3.63) is 52.7 Å². The largest absolute Gasteiger partial charge is 0.493 e. The number of methoxy groups -OCH3 is 1. The van der Waals surface area contributed by atoms with Gasteiger partial charge in [-0.15, -0.1) is 0 Å². The molecule has 2 aliphatic heterocycles. The zero-order valence-electron chi connectivity index (χ0n) is 14.8. The van der Waals surface area contributed by atoms with Crippen molar-refractivity contribution in [2.24, 2.45) is 0 Å². The molecule has 3 aromatic rings. The van der Waals surface area contributed by atoms with Gasteiger partial charge in [-0.05, 0) is 41.4 Å². The topological polar surface area (TPSA) is 69.7 Å². The normalized spacial score (nSPS) is 17.2. The highest BCUT2D eigenvalue weighted by atomic mass is 32.1. The lowest BCUT2D eigenvalue weighted by molar-refractivity contribution is -0.116. The molecule has 1 atom stereocenters. The highest BCUT2D eigenvalue weighted by Crippen LogP contribution is 2.49. The van der Waals surface area contributed by atoms with Crippen LogP contribution in [0.1, 0.15) is 22.8 Å². The van der Waals surface area contributed by atoms with Crippen LogP contribution in [0.5, 0.6) is 17.2 Å². The summed E-state index contributed by atoms with van der Waals surface area (Å²) < 4.78 is 34.6. The number of fused-ring (bicyclic) bond motifs is 2. The van der Waals surface area contributed by atoms with Crippen LogP contribution < -0.4 is 19.5 Å². The first kappa shape index (κ1) is 17.0. The Labute approximate surface area is 164 Å². The number of rotatable bonds is 3. The minimum absolute atomic E-state index is 0.119. The average Bonchev–Trinajstić information content (AvgIpc) is 3.33. The molecule has 1 aromatic heterocycles. The fraction of sp³-hybridized carbons (Fsp3) is 0.200. The standard InChI is InChI=1S/C20H15FN2O4S/c1-25-14-6-11(7-15-19(14)27-9-26-15)13-8-16(24)22-18-17(23-28-20(13)18)10-3-2-4-12(21)5-10/h2-7,13H,8-9H2,1H3,(H,22,24)/t13-/m1/s1. The maximum absolute atomic E-state index is 13.7. The maximum Gasteiger partial charge on any atom is 0.231 e. The lowest BCUT2D eigenvalue weighted by Gasteiger charge is -2.23. The quantitative estimate of drug-likeness (QED) is 0.717. The van der Waals surface area contributed by atoms with Gasteiger partial charge in [0.15, 0.2) is 11.5 Å². The first-order valence-corrected chi connectivity index (χ1v) is 9.44. The molecule has 0 spiro atoms. The molecule has 1 amide bonds. The zero-order chi connectivity index (χ0) is 19.3. The number of carbonyl (C=O) groups excluding carboxylic acids is 1. The van der Waals surface area contributed by atoms with E-state index in [0.717, 1.165) is 10.4 Å². The van der Waals surface area contributed by atoms with E-state index in [0.29, 0.717) is 34.2 Å². The minimum atomic E-state index is -0.349. The Bertz CT molecular complexity index is 1100. The van der Waals surface area contributed by atoms with Gasteiger partial charge in [0.2, 0.25) is 18.4 Å². The van der Waals surface area contributed by atoms with Gasteiger partial charge in [0, 0.05) is 17.9 Å². The summed E-state index contributed by atoms with van der Waals surface area (Å²) in [5, 5.41) is 2.91. The van der Waals surface area contributed by atoms with Gasteiger partial charge in [0.1, 0.15) is 11.5 Å². The van der Waals surface area contributed by atoms with Crippen molar-refractivity contribution in [1.82, 2.24) is 4.37 Å². The van der Waals surface area contributed by atoms with E-state index >= 15 is 0 Å². The van der Waals surface area contributed by atoms with Gasteiger partial charge >= 0.3 is 0 Å². The molecule has 142 valence electrons. The van der Waals surface area contributed by atoms with E-state index in [-0.39, 0.29) is 30.9 Å². The number of aromatic nitrogens is 1. The predicted octanol–water partition coefficient (Wildman–Crippen LogP) is 4.16. The van der Waals surface area contributed by atoms with Crippen molar-refractivity contribution in [3.8, 4) is 28.5 Å². The summed E-state index contributed by atoms with van der Waals surface area (Å²) in [4.78, 5) is 13.4. The average molecular weight is 398 g/mol.